The van der Waals surface area contributed by atoms with Crippen LogP contribution in [-0.2, 0) is 20.9 Å². The highest BCUT2D eigenvalue weighted by atomic mass is 32.1. The molecule has 184 valence electrons. The average Bonchev–Trinajstić information content (AvgIpc) is 3.25. The van der Waals surface area contributed by atoms with Gasteiger partial charge in [0.05, 0.1) is 20.1 Å². The Morgan fingerprint density at radius 2 is 2.03 bits per heavy atom. The zero-order chi connectivity index (χ0) is 25.1. The Hall–Kier alpha value is -2.97. The van der Waals surface area contributed by atoms with E-state index in [0.29, 0.717) is 37.4 Å². The molecule has 0 aromatic carbocycles. The Labute approximate surface area is 203 Å². The lowest BCUT2D eigenvalue weighted by molar-refractivity contribution is -0.139. The third-order valence-corrected chi connectivity index (χ3v) is 6.11. The summed E-state index contributed by atoms with van der Waals surface area (Å²) in [6, 6.07) is 5.16. The van der Waals surface area contributed by atoms with E-state index >= 15 is 0 Å². The summed E-state index contributed by atoms with van der Waals surface area (Å²) >= 11 is 1.50. The first-order valence-corrected chi connectivity index (χ1v) is 12.1. The van der Waals surface area contributed by atoms with Gasteiger partial charge in [-0.1, -0.05) is 26.0 Å². The summed E-state index contributed by atoms with van der Waals surface area (Å²) in [5, 5.41) is 10.4. The quantitative estimate of drug-likeness (QED) is 0.128. The molecule has 2 aromatic rings. The van der Waals surface area contributed by atoms with Crippen LogP contribution in [0.4, 0.5) is 0 Å². The summed E-state index contributed by atoms with van der Waals surface area (Å²) in [4.78, 5) is 38.4. The molecule has 1 atom stereocenters. The Morgan fingerprint density at radius 1 is 1.26 bits per heavy atom. The lowest BCUT2D eigenvalue weighted by Gasteiger charge is -2.11. The number of ketones is 1. The average molecular weight is 489 g/mol. The van der Waals surface area contributed by atoms with E-state index in [4.69, 9.17) is 9.15 Å². The lowest BCUT2D eigenvalue weighted by atomic mass is 9.99. The van der Waals surface area contributed by atoms with Gasteiger partial charge in [0, 0.05) is 28.3 Å². The molecule has 1 unspecified atom stereocenters. The molecule has 7 nitrogen and oxygen atoms in total. The number of hydrogen-bond donors (Lipinski definition) is 1. The molecule has 0 spiro atoms. The fraction of sp³-hybridized carbons (Fsp3) is 0.423. The molecule has 2 rings (SSSR count). The van der Waals surface area contributed by atoms with Crippen molar-refractivity contribution in [3.05, 3.63) is 67.4 Å². The summed E-state index contributed by atoms with van der Waals surface area (Å²) in [7, 11) is 1.33. The number of ether oxygens (including phenoxy) is 2. The topological polar surface area (TPSA) is 103 Å². The van der Waals surface area contributed by atoms with Gasteiger partial charge in [-0.05, 0) is 50.0 Å². The van der Waals surface area contributed by atoms with Gasteiger partial charge in [-0.2, -0.15) is 0 Å². The van der Waals surface area contributed by atoms with Gasteiger partial charge < -0.3 is 19.0 Å². The Kier molecular flexibility index (Phi) is 11.0. The molecule has 0 saturated carbocycles. The van der Waals surface area contributed by atoms with Crippen molar-refractivity contribution >= 4 is 29.2 Å². The molecule has 8 heteroatoms. The minimum atomic E-state index is -0.860. The summed E-state index contributed by atoms with van der Waals surface area (Å²) in [6.07, 6.45) is 7.69. The summed E-state index contributed by atoms with van der Waals surface area (Å²) in [5.74, 6) is -1.14. The number of carbonyl (C=O) groups is 2. The van der Waals surface area contributed by atoms with Crippen molar-refractivity contribution in [2.75, 3.05) is 13.7 Å². The third kappa shape index (κ3) is 8.11. The highest BCUT2D eigenvalue weighted by molar-refractivity contribution is 7.12. The second-order valence-electron chi connectivity index (χ2n) is 7.94. The monoisotopic (exact) mass is 488 g/mol. The van der Waals surface area contributed by atoms with E-state index in [2.05, 4.69) is 4.74 Å². The van der Waals surface area contributed by atoms with Crippen LogP contribution < -0.4 is 5.63 Å². The highest BCUT2D eigenvalue weighted by Gasteiger charge is 2.22. The van der Waals surface area contributed by atoms with Crippen molar-refractivity contribution in [3.8, 4) is 5.75 Å². The van der Waals surface area contributed by atoms with Gasteiger partial charge in [0.15, 0.2) is 5.78 Å². The van der Waals surface area contributed by atoms with Crippen molar-refractivity contribution < 1.29 is 28.6 Å². The maximum Gasteiger partial charge on any atom is 0.351 e. The molecule has 34 heavy (non-hydrogen) atoms. The first-order chi connectivity index (χ1) is 16.3. The molecule has 0 amide bonds. The van der Waals surface area contributed by atoms with E-state index < -0.39 is 17.2 Å². The standard InChI is InChI=1S/C26H32O7S/c1-5-13-32-16-20-12-11-19(34-20)14-18(3)25(29)24-21(27)15-22(33-26(24)30)17(2)9-7-6-8-10-23(28)31-4/h6,8,11-12,14-15,17,27H,5,7,9-10,13,16H2,1-4H3/b8-6+,18-14?. The van der Waals surface area contributed by atoms with Crippen LogP contribution in [0.5, 0.6) is 5.75 Å². The molecule has 0 bridgehead atoms. The van der Waals surface area contributed by atoms with E-state index in [0.717, 1.165) is 16.2 Å². The van der Waals surface area contributed by atoms with Crippen molar-refractivity contribution in [2.24, 2.45) is 0 Å². The number of esters is 1. The van der Waals surface area contributed by atoms with Gasteiger partial charge in [0.25, 0.3) is 0 Å². The van der Waals surface area contributed by atoms with Crippen molar-refractivity contribution in [3.63, 3.8) is 0 Å². The molecule has 1 N–H and O–H groups in total. The predicted octanol–water partition coefficient (Wildman–Crippen LogP) is 5.62. The van der Waals surface area contributed by atoms with Crippen LogP contribution in [0.2, 0.25) is 0 Å². The van der Waals surface area contributed by atoms with Crippen LogP contribution in [0, 0.1) is 0 Å². The molecule has 2 aromatic heterocycles. The molecule has 0 aliphatic heterocycles. The summed E-state index contributed by atoms with van der Waals surface area (Å²) < 4.78 is 15.5. The molecule has 0 radical (unpaired) electrons. The van der Waals surface area contributed by atoms with Crippen LogP contribution in [-0.4, -0.2) is 30.6 Å². The summed E-state index contributed by atoms with van der Waals surface area (Å²) in [6.45, 7) is 6.72. The molecular formula is C26H32O7S. The maximum absolute atomic E-state index is 12.9. The number of allylic oxidation sites excluding steroid dienone is 2. The molecule has 0 fully saturated rings. The second kappa shape index (κ2) is 13.7. The van der Waals surface area contributed by atoms with Crippen LogP contribution in [0.3, 0.4) is 0 Å². The van der Waals surface area contributed by atoms with Gasteiger partial charge in [-0.3, -0.25) is 9.59 Å². The minimum Gasteiger partial charge on any atom is -0.507 e. The Morgan fingerprint density at radius 3 is 2.71 bits per heavy atom. The van der Waals surface area contributed by atoms with Gasteiger partial charge in [0.1, 0.15) is 17.1 Å². The number of thiophene rings is 1. The van der Waals surface area contributed by atoms with E-state index in [-0.39, 0.29) is 23.9 Å². The second-order valence-corrected chi connectivity index (χ2v) is 9.14. The molecule has 0 aliphatic rings. The van der Waals surface area contributed by atoms with Gasteiger partial charge >= 0.3 is 11.6 Å². The van der Waals surface area contributed by atoms with Crippen molar-refractivity contribution in [2.45, 2.75) is 59.0 Å². The maximum atomic E-state index is 12.9. The van der Waals surface area contributed by atoms with Gasteiger partial charge in [-0.15, -0.1) is 11.3 Å². The highest BCUT2D eigenvalue weighted by Crippen LogP contribution is 2.27. The number of methoxy groups -OCH3 is 1. The van der Waals surface area contributed by atoms with Crippen molar-refractivity contribution in [1.29, 1.82) is 0 Å². The van der Waals surface area contributed by atoms with Crippen LogP contribution in [0.25, 0.3) is 6.08 Å². The number of rotatable bonds is 13. The lowest BCUT2D eigenvalue weighted by Crippen LogP contribution is -2.16. The van der Waals surface area contributed by atoms with E-state index in [1.54, 1.807) is 19.1 Å². The fourth-order valence-corrected chi connectivity index (χ4v) is 4.12. The van der Waals surface area contributed by atoms with Gasteiger partial charge in [0.2, 0.25) is 0 Å². The zero-order valence-corrected chi connectivity index (χ0v) is 20.9. The first-order valence-electron chi connectivity index (χ1n) is 11.2. The predicted molar refractivity (Wildman–Crippen MR) is 132 cm³/mol. The summed E-state index contributed by atoms with van der Waals surface area (Å²) in [5.41, 5.74) is -0.909. The SMILES string of the molecule is CCCOCc1ccc(C=C(C)C(=O)c2c(O)cc(C(C)CC/C=C/CC(=O)OC)oc2=O)s1. The van der Waals surface area contributed by atoms with Crippen LogP contribution in [0.1, 0.15) is 78.2 Å². The third-order valence-electron chi connectivity index (χ3n) is 5.10. The van der Waals surface area contributed by atoms with E-state index in [9.17, 15) is 19.5 Å². The Balaban J connectivity index is 2.07. The van der Waals surface area contributed by atoms with Crippen LogP contribution >= 0.6 is 11.3 Å². The first kappa shape index (κ1) is 27.3. The number of aromatic hydroxyl groups is 1. The van der Waals surface area contributed by atoms with Crippen molar-refractivity contribution in [1.82, 2.24) is 0 Å². The molecule has 0 saturated heterocycles. The largest absolute Gasteiger partial charge is 0.507 e. The van der Waals surface area contributed by atoms with E-state index in [1.807, 2.05) is 32.1 Å². The molecule has 0 aliphatic carbocycles. The zero-order valence-electron chi connectivity index (χ0n) is 20.1. The van der Waals surface area contributed by atoms with Crippen LogP contribution in [0.15, 0.2) is 45.1 Å². The Bertz CT molecular complexity index is 1090. The minimum absolute atomic E-state index is 0.165. The smallest absolute Gasteiger partial charge is 0.351 e. The number of carbonyl (C=O) groups excluding carboxylic acids is 2. The number of Topliss-reactive ketones (excluding diaryl/α,β-unsaturated/α-hetero) is 1. The fourth-order valence-electron chi connectivity index (χ4n) is 3.16. The normalized spacial score (nSPS) is 12.8. The molecule has 2 heterocycles. The van der Waals surface area contributed by atoms with E-state index in [1.165, 1.54) is 24.5 Å². The van der Waals surface area contributed by atoms with Gasteiger partial charge in [-0.25, -0.2) is 4.79 Å². The molecular weight excluding hydrogens is 456 g/mol. The number of hydrogen-bond acceptors (Lipinski definition) is 8.